The number of carbonyl (C=O) groups excluding carboxylic acids is 1. The number of hydrogen-bond donors (Lipinski definition) is 1. The molecule has 0 radical (unpaired) electrons. The van der Waals surface area contributed by atoms with Crippen LogP contribution in [0.5, 0.6) is 0 Å². The molecule has 1 aliphatic heterocycles. The topological polar surface area (TPSA) is 57.2 Å². The molecule has 2 saturated carbocycles. The number of ether oxygens (including phenoxy) is 1. The summed E-state index contributed by atoms with van der Waals surface area (Å²) in [7, 11) is 0. The van der Waals surface area contributed by atoms with Gasteiger partial charge in [-0.25, -0.2) is 0 Å². The molecule has 0 aromatic carbocycles. The van der Waals surface area contributed by atoms with Crippen LogP contribution in [0, 0.1) is 5.41 Å². The van der Waals surface area contributed by atoms with Gasteiger partial charge in [0.1, 0.15) is 0 Å². The first kappa shape index (κ1) is 18.5. The van der Waals surface area contributed by atoms with Gasteiger partial charge in [0.05, 0.1) is 6.10 Å². The molecule has 0 aromatic heterocycles. The highest BCUT2D eigenvalue weighted by atomic mass is 16.5. The summed E-state index contributed by atoms with van der Waals surface area (Å²) < 4.78 is 6.04. The van der Waals surface area contributed by atoms with E-state index in [-0.39, 0.29) is 5.91 Å². The summed E-state index contributed by atoms with van der Waals surface area (Å²) in [4.78, 5) is 20.5. The van der Waals surface area contributed by atoms with Crippen molar-refractivity contribution in [2.45, 2.75) is 65.0 Å². The van der Waals surface area contributed by atoms with Crippen molar-refractivity contribution >= 4 is 11.9 Å². The van der Waals surface area contributed by atoms with Gasteiger partial charge in [0.15, 0.2) is 5.96 Å². The van der Waals surface area contributed by atoms with Crippen LogP contribution in [0.4, 0.5) is 0 Å². The summed E-state index contributed by atoms with van der Waals surface area (Å²) >= 11 is 0. The van der Waals surface area contributed by atoms with Crippen LogP contribution in [0.2, 0.25) is 0 Å². The van der Waals surface area contributed by atoms with E-state index in [1.165, 1.54) is 25.7 Å². The lowest BCUT2D eigenvalue weighted by atomic mass is 9.60. The molecule has 25 heavy (non-hydrogen) atoms. The number of nitrogens with one attached hydrogen (secondary N) is 1. The number of guanidine groups is 1. The number of nitrogens with zero attached hydrogens (tertiary/aromatic N) is 3. The number of carbonyl (C=O) groups is 1. The summed E-state index contributed by atoms with van der Waals surface area (Å²) in [6.07, 6.45) is 6.68. The van der Waals surface area contributed by atoms with E-state index in [2.05, 4.69) is 24.1 Å². The van der Waals surface area contributed by atoms with Crippen LogP contribution in [-0.2, 0) is 9.53 Å². The van der Waals surface area contributed by atoms with Crippen LogP contribution >= 0.6 is 0 Å². The molecule has 1 spiro atoms. The Labute approximate surface area is 152 Å². The van der Waals surface area contributed by atoms with E-state index in [1.54, 1.807) is 6.92 Å². The number of aliphatic imine (C=N–C) groups is 1. The molecule has 2 unspecified atom stereocenters. The Bertz CT molecular complexity index is 494. The second-order valence-corrected chi connectivity index (χ2v) is 7.61. The Kier molecular flexibility index (Phi) is 5.87. The third-order valence-corrected chi connectivity index (χ3v) is 6.32. The first-order valence-corrected chi connectivity index (χ1v) is 10.0. The summed E-state index contributed by atoms with van der Waals surface area (Å²) in [6.45, 7) is 10.7. The Morgan fingerprint density at radius 1 is 1.16 bits per heavy atom. The van der Waals surface area contributed by atoms with Crippen LogP contribution in [0.15, 0.2) is 4.99 Å². The van der Waals surface area contributed by atoms with Gasteiger partial charge in [0.2, 0.25) is 5.91 Å². The molecule has 1 saturated heterocycles. The van der Waals surface area contributed by atoms with Crippen molar-refractivity contribution in [2.75, 3.05) is 39.3 Å². The average molecular weight is 351 g/mol. The van der Waals surface area contributed by atoms with Gasteiger partial charge in [-0.1, -0.05) is 12.8 Å². The zero-order valence-electron chi connectivity index (χ0n) is 16.1. The molecule has 0 bridgehead atoms. The largest absolute Gasteiger partial charge is 0.378 e. The molecule has 1 N–H and O–H groups in total. The second kappa shape index (κ2) is 7.94. The highest BCUT2D eigenvalue weighted by molar-refractivity contribution is 5.81. The predicted molar refractivity (Wildman–Crippen MR) is 99.7 cm³/mol. The fraction of sp³-hybridized carbons (Fsp3) is 0.895. The SMILES string of the molecule is CCN=C(NC1CC(OCC)C12CCCC2)N1CCN(C(C)=O)CC1. The molecule has 6 heteroatoms. The van der Waals surface area contributed by atoms with Crippen molar-refractivity contribution in [2.24, 2.45) is 10.4 Å². The lowest BCUT2D eigenvalue weighted by Gasteiger charge is -2.55. The van der Waals surface area contributed by atoms with Crippen molar-refractivity contribution in [3.8, 4) is 0 Å². The molecule has 3 fully saturated rings. The maximum Gasteiger partial charge on any atom is 0.219 e. The average Bonchev–Trinajstić information content (AvgIpc) is 3.13. The van der Waals surface area contributed by atoms with Gasteiger partial charge >= 0.3 is 0 Å². The van der Waals surface area contributed by atoms with Crippen molar-refractivity contribution in [3.05, 3.63) is 0 Å². The Morgan fingerprint density at radius 3 is 2.36 bits per heavy atom. The number of piperazine rings is 1. The van der Waals surface area contributed by atoms with Crippen molar-refractivity contribution in [3.63, 3.8) is 0 Å². The number of amides is 1. The van der Waals surface area contributed by atoms with E-state index in [0.29, 0.717) is 17.6 Å². The van der Waals surface area contributed by atoms with Crippen LogP contribution in [-0.4, -0.2) is 73.1 Å². The lowest BCUT2D eigenvalue weighted by Crippen LogP contribution is -2.66. The predicted octanol–water partition coefficient (Wildman–Crippen LogP) is 1.85. The van der Waals surface area contributed by atoms with Crippen LogP contribution < -0.4 is 5.32 Å². The smallest absolute Gasteiger partial charge is 0.219 e. The Morgan fingerprint density at radius 2 is 1.80 bits per heavy atom. The van der Waals surface area contributed by atoms with Crippen LogP contribution in [0.25, 0.3) is 0 Å². The Balaban J connectivity index is 1.63. The van der Waals surface area contributed by atoms with E-state index in [1.807, 2.05) is 4.90 Å². The number of rotatable bonds is 4. The minimum atomic E-state index is 0.171. The number of hydrogen-bond acceptors (Lipinski definition) is 3. The van der Waals surface area contributed by atoms with Crippen molar-refractivity contribution < 1.29 is 9.53 Å². The van der Waals surface area contributed by atoms with E-state index in [9.17, 15) is 4.79 Å². The Hall–Kier alpha value is -1.30. The molecule has 3 aliphatic rings. The van der Waals surface area contributed by atoms with Gasteiger partial charge in [0.25, 0.3) is 0 Å². The third kappa shape index (κ3) is 3.64. The van der Waals surface area contributed by atoms with E-state index < -0.39 is 0 Å². The highest BCUT2D eigenvalue weighted by Crippen LogP contribution is 2.54. The fourth-order valence-electron chi connectivity index (χ4n) is 4.86. The molecule has 1 heterocycles. The molecule has 3 rings (SSSR count). The molecular formula is C19H34N4O2. The maximum absolute atomic E-state index is 11.5. The quantitative estimate of drug-likeness (QED) is 0.621. The maximum atomic E-state index is 11.5. The van der Waals surface area contributed by atoms with Gasteiger partial charge in [-0.3, -0.25) is 9.79 Å². The summed E-state index contributed by atoms with van der Waals surface area (Å²) in [5.74, 6) is 1.20. The van der Waals surface area contributed by atoms with Crippen molar-refractivity contribution in [1.82, 2.24) is 15.1 Å². The second-order valence-electron chi connectivity index (χ2n) is 7.61. The van der Waals surface area contributed by atoms with Gasteiger partial charge in [-0.15, -0.1) is 0 Å². The standard InChI is InChI=1S/C19H34N4O2/c1-4-20-18(23-12-10-22(11-13-23)15(3)24)21-16-14-17(25-5-2)19(16)8-6-7-9-19/h16-17H,4-14H2,1-3H3,(H,20,21). The molecule has 1 amide bonds. The zero-order valence-corrected chi connectivity index (χ0v) is 16.1. The summed E-state index contributed by atoms with van der Waals surface area (Å²) in [6, 6.07) is 0.475. The van der Waals surface area contributed by atoms with E-state index in [4.69, 9.17) is 9.73 Å². The first-order chi connectivity index (χ1) is 12.1. The molecule has 0 aromatic rings. The zero-order chi connectivity index (χ0) is 17.9. The molecular weight excluding hydrogens is 316 g/mol. The molecule has 142 valence electrons. The third-order valence-electron chi connectivity index (χ3n) is 6.32. The minimum absolute atomic E-state index is 0.171. The van der Waals surface area contributed by atoms with Gasteiger partial charge in [0, 0.05) is 57.7 Å². The molecule has 2 atom stereocenters. The monoisotopic (exact) mass is 350 g/mol. The van der Waals surface area contributed by atoms with E-state index >= 15 is 0 Å². The minimum Gasteiger partial charge on any atom is -0.378 e. The van der Waals surface area contributed by atoms with Gasteiger partial charge < -0.3 is 19.9 Å². The molecule has 6 nitrogen and oxygen atoms in total. The summed E-state index contributed by atoms with van der Waals surface area (Å²) in [5, 5.41) is 3.78. The van der Waals surface area contributed by atoms with Crippen LogP contribution in [0.1, 0.15) is 52.9 Å². The van der Waals surface area contributed by atoms with Crippen molar-refractivity contribution in [1.29, 1.82) is 0 Å². The van der Waals surface area contributed by atoms with Crippen LogP contribution in [0.3, 0.4) is 0 Å². The normalized spacial score (nSPS) is 29.0. The highest BCUT2D eigenvalue weighted by Gasteiger charge is 2.57. The lowest BCUT2D eigenvalue weighted by molar-refractivity contribution is -0.130. The fourth-order valence-corrected chi connectivity index (χ4v) is 4.86. The van der Waals surface area contributed by atoms with Gasteiger partial charge in [-0.2, -0.15) is 0 Å². The van der Waals surface area contributed by atoms with Gasteiger partial charge in [-0.05, 0) is 33.1 Å². The first-order valence-electron chi connectivity index (χ1n) is 10.0. The van der Waals surface area contributed by atoms with E-state index in [0.717, 1.165) is 51.7 Å². The summed E-state index contributed by atoms with van der Waals surface area (Å²) in [5.41, 5.74) is 0.311. The molecule has 2 aliphatic carbocycles.